The molecule has 0 unspecified atom stereocenters. The van der Waals surface area contributed by atoms with Gasteiger partial charge in [-0.15, -0.1) is 0 Å². The molecule has 0 radical (unpaired) electrons. The van der Waals surface area contributed by atoms with E-state index in [9.17, 15) is 4.57 Å². The van der Waals surface area contributed by atoms with Gasteiger partial charge in [-0.05, 0) is 12.2 Å². The SMILES string of the molecule is NC(N)=S.NP(N)(N)=O. The first-order valence-electron chi connectivity index (χ1n) is 1.74. The molecule has 9 heavy (non-hydrogen) atoms. The molecular formula is CH10N5OPS. The van der Waals surface area contributed by atoms with Gasteiger partial charge in [0, 0.05) is 0 Å². The summed E-state index contributed by atoms with van der Waals surface area (Å²) in [7, 11) is -3.14. The van der Waals surface area contributed by atoms with Gasteiger partial charge >= 0.3 is 0 Å². The largest absolute Gasteiger partial charge is 0.377 e. The van der Waals surface area contributed by atoms with Crippen LogP contribution in [-0.2, 0) is 4.57 Å². The Morgan fingerprint density at radius 3 is 1.22 bits per heavy atom. The lowest BCUT2D eigenvalue weighted by molar-refractivity contribution is 0.577. The van der Waals surface area contributed by atoms with E-state index in [0.717, 1.165) is 0 Å². The van der Waals surface area contributed by atoms with Crippen LogP contribution in [0.5, 0.6) is 0 Å². The average Bonchev–Trinajstić information content (AvgIpc) is 1.19. The summed E-state index contributed by atoms with van der Waals surface area (Å²) in [4.78, 5) is 0. The molecule has 0 amide bonds. The molecule has 0 saturated heterocycles. The average molecular weight is 171 g/mol. The van der Waals surface area contributed by atoms with E-state index < -0.39 is 7.59 Å². The van der Waals surface area contributed by atoms with Gasteiger partial charge in [-0.2, -0.15) is 0 Å². The number of nitrogens with two attached hydrogens (primary N) is 5. The van der Waals surface area contributed by atoms with Crippen LogP contribution >= 0.6 is 19.8 Å². The normalized spacial score (nSPS) is 9.22. The van der Waals surface area contributed by atoms with Crippen molar-refractivity contribution >= 4 is 24.9 Å². The van der Waals surface area contributed by atoms with Crippen molar-refractivity contribution in [1.82, 2.24) is 0 Å². The van der Waals surface area contributed by atoms with Gasteiger partial charge in [-0.3, -0.25) is 21.1 Å². The molecule has 0 aliphatic rings. The van der Waals surface area contributed by atoms with Crippen molar-refractivity contribution < 1.29 is 4.57 Å². The summed E-state index contributed by atoms with van der Waals surface area (Å²) in [6.45, 7) is 0. The van der Waals surface area contributed by atoms with E-state index in [1.807, 2.05) is 0 Å². The van der Waals surface area contributed by atoms with Gasteiger partial charge in [-0.1, -0.05) is 0 Å². The fourth-order valence-corrected chi connectivity index (χ4v) is 0. The van der Waals surface area contributed by atoms with Gasteiger partial charge in [0.1, 0.15) is 0 Å². The molecule has 6 nitrogen and oxygen atoms in total. The highest BCUT2D eigenvalue weighted by Gasteiger charge is 1.90. The first-order valence-corrected chi connectivity index (χ1v) is 4.06. The molecule has 0 rings (SSSR count). The van der Waals surface area contributed by atoms with Crippen molar-refractivity contribution in [2.24, 2.45) is 28.0 Å². The van der Waals surface area contributed by atoms with Crippen LogP contribution < -0.4 is 28.0 Å². The van der Waals surface area contributed by atoms with Crippen LogP contribution in [0.25, 0.3) is 0 Å². The fraction of sp³-hybridized carbons (Fsp3) is 0. The zero-order valence-electron chi connectivity index (χ0n) is 4.65. The molecule has 0 spiro atoms. The minimum Gasteiger partial charge on any atom is -0.377 e. The van der Waals surface area contributed by atoms with Crippen molar-refractivity contribution in [3.05, 3.63) is 0 Å². The van der Waals surface area contributed by atoms with Crippen LogP contribution in [0.1, 0.15) is 0 Å². The maximum atomic E-state index is 9.55. The monoisotopic (exact) mass is 171 g/mol. The molecule has 0 aromatic carbocycles. The molecule has 0 fully saturated rings. The van der Waals surface area contributed by atoms with E-state index in [4.69, 9.17) is 0 Å². The topological polar surface area (TPSA) is 147 Å². The third-order valence-electron chi connectivity index (χ3n) is 0. The Morgan fingerprint density at radius 2 is 1.22 bits per heavy atom. The van der Waals surface area contributed by atoms with Gasteiger partial charge < -0.3 is 11.5 Å². The molecule has 0 saturated carbocycles. The standard InChI is InChI=1S/CH4N2S.H6N3OP/c2-1(3)4;1-5(2,3)4/h(H4,2,3,4);(H6,1,2,3,4). The third-order valence-corrected chi connectivity index (χ3v) is 0. The van der Waals surface area contributed by atoms with E-state index >= 15 is 0 Å². The second-order valence-electron chi connectivity index (χ2n) is 1.17. The van der Waals surface area contributed by atoms with Gasteiger partial charge in [-0.25, -0.2) is 0 Å². The second-order valence-corrected chi connectivity index (χ2v) is 3.16. The smallest absolute Gasteiger partial charge is 0.271 e. The summed E-state index contributed by atoms with van der Waals surface area (Å²) in [5.74, 6) is 0. The van der Waals surface area contributed by atoms with Gasteiger partial charge in [0.2, 0.25) is 0 Å². The van der Waals surface area contributed by atoms with Crippen molar-refractivity contribution in [2.45, 2.75) is 0 Å². The van der Waals surface area contributed by atoms with Crippen LogP contribution in [0.4, 0.5) is 0 Å². The van der Waals surface area contributed by atoms with Crippen LogP contribution in [0.15, 0.2) is 0 Å². The summed E-state index contributed by atoms with van der Waals surface area (Å²) in [6, 6.07) is 0. The predicted octanol–water partition coefficient (Wildman–Crippen LogP) is -1.84. The molecule has 0 aliphatic carbocycles. The Bertz CT molecular complexity index is 117. The molecular weight excluding hydrogens is 161 g/mol. The lowest BCUT2D eigenvalue weighted by Gasteiger charge is -1.88. The summed E-state index contributed by atoms with van der Waals surface area (Å²) >= 11 is 4.09. The molecule has 56 valence electrons. The Kier molecular flexibility index (Phi) is 5.99. The quantitative estimate of drug-likeness (QED) is 0.212. The Hall–Kier alpha value is -0.200. The molecule has 0 atom stereocenters. The summed E-state index contributed by atoms with van der Waals surface area (Å²) in [5, 5.41) is 0.000000000000000222. The van der Waals surface area contributed by atoms with Crippen LogP contribution in [0, 0.1) is 0 Å². The second kappa shape index (κ2) is 4.66. The third kappa shape index (κ3) is 6560. The maximum Gasteiger partial charge on any atom is 0.271 e. The summed E-state index contributed by atoms with van der Waals surface area (Å²) in [5.41, 5.74) is 22.6. The van der Waals surface area contributed by atoms with Gasteiger partial charge in [0.05, 0.1) is 0 Å². The molecule has 0 aliphatic heterocycles. The van der Waals surface area contributed by atoms with E-state index in [1.54, 1.807) is 0 Å². The van der Waals surface area contributed by atoms with Crippen LogP contribution in [-0.4, -0.2) is 5.11 Å². The molecule has 0 bridgehead atoms. The zero-order valence-corrected chi connectivity index (χ0v) is 6.36. The van der Waals surface area contributed by atoms with Gasteiger partial charge in [0.25, 0.3) is 7.59 Å². The van der Waals surface area contributed by atoms with E-state index in [0.29, 0.717) is 0 Å². The van der Waals surface area contributed by atoms with Crippen LogP contribution in [0.2, 0.25) is 0 Å². The van der Waals surface area contributed by atoms with Crippen LogP contribution in [0.3, 0.4) is 0 Å². The minimum absolute atomic E-state index is 0.000000000000000222. The molecule has 0 aromatic heterocycles. The van der Waals surface area contributed by atoms with Crippen molar-refractivity contribution in [2.75, 3.05) is 0 Å². The molecule has 0 heterocycles. The van der Waals surface area contributed by atoms with E-state index in [-0.39, 0.29) is 5.11 Å². The lowest BCUT2D eigenvalue weighted by atomic mass is 11.3. The van der Waals surface area contributed by atoms with Gasteiger partial charge in [0.15, 0.2) is 5.11 Å². The molecule has 10 N–H and O–H groups in total. The Labute approximate surface area is 58.3 Å². The summed E-state index contributed by atoms with van der Waals surface area (Å²) in [6.07, 6.45) is 0. The van der Waals surface area contributed by atoms with E-state index in [1.165, 1.54) is 0 Å². The maximum absolute atomic E-state index is 9.55. The highest BCUT2D eigenvalue weighted by atomic mass is 32.1. The number of hydrogen-bond acceptors (Lipinski definition) is 2. The Morgan fingerprint density at radius 1 is 1.22 bits per heavy atom. The zero-order chi connectivity index (χ0) is 8.08. The van der Waals surface area contributed by atoms with Crippen molar-refractivity contribution in [1.29, 1.82) is 0 Å². The van der Waals surface area contributed by atoms with Crippen molar-refractivity contribution in [3.8, 4) is 0 Å². The number of rotatable bonds is 0. The summed E-state index contributed by atoms with van der Waals surface area (Å²) < 4.78 is 9.55. The van der Waals surface area contributed by atoms with Crippen molar-refractivity contribution in [3.63, 3.8) is 0 Å². The lowest BCUT2D eigenvalue weighted by Crippen LogP contribution is -2.18. The predicted molar refractivity (Wildman–Crippen MR) is 41.1 cm³/mol. The van der Waals surface area contributed by atoms with E-state index in [2.05, 4.69) is 40.2 Å². The number of hydrogen-bond donors (Lipinski definition) is 5. The number of thiocarbonyl (C=S) groups is 1. The minimum atomic E-state index is -3.14. The fourth-order valence-electron chi connectivity index (χ4n) is 0. The highest BCUT2D eigenvalue weighted by Crippen LogP contribution is 2.06. The molecule has 0 aromatic rings. The molecule has 8 heteroatoms. The highest BCUT2D eigenvalue weighted by molar-refractivity contribution is 7.80. The first kappa shape index (κ1) is 11.6. The Balaban J connectivity index is 0. The first-order chi connectivity index (χ1) is 3.73.